The summed E-state index contributed by atoms with van der Waals surface area (Å²) in [5, 5.41) is 2.86. The van der Waals surface area contributed by atoms with Crippen LogP contribution in [0.4, 0.5) is 0 Å². The first-order valence-electron chi connectivity index (χ1n) is 4.30. The van der Waals surface area contributed by atoms with Gasteiger partial charge in [0, 0.05) is 6.54 Å². The Labute approximate surface area is 72.0 Å². The van der Waals surface area contributed by atoms with Crippen LogP contribution in [0.1, 0.15) is 19.8 Å². The highest BCUT2D eigenvalue weighted by molar-refractivity contribution is 6.35. The average Bonchev–Trinajstić information content (AvgIpc) is 2.56. The van der Waals surface area contributed by atoms with Crippen LogP contribution >= 0.6 is 0 Å². The highest BCUT2D eigenvalue weighted by Gasteiger charge is 2.15. The quantitative estimate of drug-likeness (QED) is 0.488. The van der Waals surface area contributed by atoms with E-state index in [1.54, 1.807) is 0 Å². The minimum absolute atomic E-state index is 0.319. The molecule has 12 heavy (non-hydrogen) atoms. The lowest BCUT2D eigenvalue weighted by molar-refractivity contribution is -0.135. The van der Waals surface area contributed by atoms with Gasteiger partial charge >= 0.3 is 5.97 Å². The van der Waals surface area contributed by atoms with Crippen LogP contribution in [0.5, 0.6) is 0 Å². The van der Waals surface area contributed by atoms with Gasteiger partial charge in [0.15, 0.2) is 0 Å². The molecule has 1 rings (SSSR count). The summed E-state index contributed by atoms with van der Waals surface area (Å²) >= 11 is 0. The van der Waals surface area contributed by atoms with E-state index in [0.29, 0.717) is 19.0 Å². The van der Waals surface area contributed by atoms with Crippen LogP contribution < -0.4 is 5.32 Å². The summed E-state index contributed by atoms with van der Waals surface area (Å²) in [5.74, 6) is 0.0621. The lowest BCUT2D eigenvalue weighted by Crippen LogP contribution is -2.29. The first kappa shape index (κ1) is 9.03. The molecule has 0 saturated heterocycles. The van der Waals surface area contributed by atoms with Crippen molar-refractivity contribution in [1.29, 1.82) is 0 Å². The van der Waals surface area contributed by atoms with Gasteiger partial charge in [-0.25, -0.2) is 4.79 Å². The molecular formula is C8H14N2O2. The zero-order chi connectivity index (χ0) is 8.81. The number of nitrogens with one attached hydrogen (secondary N) is 1. The molecule has 4 heteroatoms. The Morgan fingerprint density at radius 3 is 3.17 bits per heavy atom. The second-order valence-corrected chi connectivity index (χ2v) is 2.65. The summed E-state index contributed by atoms with van der Waals surface area (Å²) in [6.45, 7) is 3.98. The van der Waals surface area contributed by atoms with Gasteiger partial charge in [0.05, 0.1) is 13.2 Å². The van der Waals surface area contributed by atoms with E-state index >= 15 is 0 Å². The van der Waals surface area contributed by atoms with E-state index < -0.39 is 0 Å². The molecule has 1 heterocycles. The van der Waals surface area contributed by atoms with E-state index in [-0.39, 0.29) is 5.97 Å². The molecule has 1 aliphatic heterocycles. The molecule has 0 radical (unpaired) electrons. The number of hydrogen-bond acceptors (Lipinski definition) is 4. The van der Waals surface area contributed by atoms with Crippen molar-refractivity contribution in [1.82, 2.24) is 5.32 Å². The molecule has 0 aromatic carbocycles. The van der Waals surface area contributed by atoms with Gasteiger partial charge < -0.3 is 10.1 Å². The van der Waals surface area contributed by atoms with Gasteiger partial charge in [0.1, 0.15) is 0 Å². The molecule has 1 aliphatic rings. The number of carbonyl (C=O) groups is 1. The first-order chi connectivity index (χ1) is 5.84. The lowest BCUT2D eigenvalue weighted by Gasteiger charge is -2.02. The van der Waals surface area contributed by atoms with Crippen LogP contribution in [-0.2, 0) is 9.53 Å². The first-order valence-corrected chi connectivity index (χ1v) is 4.30. The second-order valence-electron chi connectivity index (χ2n) is 2.65. The Morgan fingerprint density at radius 2 is 2.58 bits per heavy atom. The average molecular weight is 170 g/mol. The molecule has 0 amide bonds. The number of rotatable bonds is 4. The Kier molecular flexibility index (Phi) is 3.57. The van der Waals surface area contributed by atoms with Crippen LogP contribution in [0.15, 0.2) is 4.99 Å². The largest absolute Gasteiger partial charge is 0.460 e. The second kappa shape index (κ2) is 4.74. The molecule has 0 atom stereocenters. The molecule has 0 aliphatic carbocycles. The fourth-order valence-corrected chi connectivity index (χ4v) is 0.912. The molecule has 0 fully saturated rings. The van der Waals surface area contributed by atoms with Crippen molar-refractivity contribution in [2.24, 2.45) is 4.99 Å². The van der Waals surface area contributed by atoms with Gasteiger partial charge in [-0.05, 0) is 6.42 Å². The number of carbonyl (C=O) groups excluding carboxylic acids is 1. The third-order valence-electron chi connectivity index (χ3n) is 1.60. The Bertz CT molecular complexity index is 189. The molecule has 0 aromatic rings. The van der Waals surface area contributed by atoms with Crippen molar-refractivity contribution in [3.63, 3.8) is 0 Å². The smallest absolute Gasteiger partial charge is 0.373 e. The predicted molar refractivity (Wildman–Crippen MR) is 46.2 cm³/mol. The molecule has 0 saturated carbocycles. The van der Waals surface area contributed by atoms with Crippen molar-refractivity contribution in [3.05, 3.63) is 0 Å². The zero-order valence-electron chi connectivity index (χ0n) is 7.30. The standard InChI is InChI=1S/C8H14N2O2/c1-2-3-6-12-8(11)7-9-4-5-10-7/h2-6H2,1H3,(H,9,10). The molecule has 4 nitrogen and oxygen atoms in total. The van der Waals surface area contributed by atoms with Gasteiger partial charge in [0.2, 0.25) is 5.84 Å². The van der Waals surface area contributed by atoms with Crippen LogP contribution in [-0.4, -0.2) is 31.5 Å². The molecule has 0 aromatic heterocycles. The summed E-state index contributed by atoms with van der Waals surface area (Å²) in [4.78, 5) is 15.0. The van der Waals surface area contributed by atoms with Crippen molar-refractivity contribution >= 4 is 11.8 Å². The summed E-state index contributed by atoms with van der Waals surface area (Å²) in [7, 11) is 0. The number of ether oxygens (including phenoxy) is 1. The lowest BCUT2D eigenvalue weighted by atomic mass is 10.4. The minimum Gasteiger partial charge on any atom is -0.460 e. The summed E-state index contributed by atoms with van der Waals surface area (Å²) in [5.41, 5.74) is 0. The maximum atomic E-state index is 11.1. The van der Waals surface area contributed by atoms with Gasteiger partial charge in [-0.15, -0.1) is 0 Å². The number of unbranched alkanes of at least 4 members (excludes halogenated alkanes) is 1. The van der Waals surface area contributed by atoms with Crippen LogP contribution in [0.2, 0.25) is 0 Å². The Hall–Kier alpha value is -1.06. The van der Waals surface area contributed by atoms with Gasteiger partial charge in [-0.1, -0.05) is 13.3 Å². The van der Waals surface area contributed by atoms with E-state index in [2.05, 4.69) is 17.2 Å². The molecule has 0 bridgehead atoms. The van der Waals surface area contributed by atoms with Crippen molar-refractivity contribution < 1.29 is 9.53 Å². The summed E-state index contributed by atoms with van der Waals surface area (Å²) in [6, 6.07) is 0. The molecule has 0 unspecified atom stereocenters. The van der Waals surface area contributed by atoms with Gasteiger partial charge in [-0.2, -0.15) is 0 Å². The highest BCUT2D eigenvalue weighted by atomic mass is 16.5. The van der Waals surface area contributed by atoms with E-state index in [1.807, 2.05) is 0 Å². The number of hydrogen-bond donors (Lipinski definition) is 1. The third-order valence-corrected chi connectivity index (χ3v) is 1.60. The van der Waals surface area contributed by atoms with Gasteiger partial charge in [0.25, 0.3) is 0 Å². The van der Waals surface area contributed by atoms with E-state index in [0.717, 1.165) is 19.4 Å². The minimum atomic E-state index is -0.319. The monoisotopic (exact) mass is 170 g/mol. The van der Waals surface area contributed by atoms with Crippen LogP contribution in [0.3, 0.4) is 0 Å². The van der Waals surface area contributed by atoms with Crippen molar-refractivity contribution in [2.75, 3.05) is 19.7 Å². The SMILES string of the molecule is CCCCOC(=O)C1=NCCN1. The molecule has 0 spiro atoms. The Morgan fingerprint density at radius 1 is 1.75 bits per heavy atom. The maximum Gasteiger partial charge on any atom is 0.373 e. The predicted octanol–water partition coefficient (Wildman–Crippen LogP) is 0.331. The van der Waals surface area contributed by atoms with E-state index in [4.69, 9.17) is 4.74 Å². The molecule has 68 valence electrons. The van der Waals surface area contributed by atoms with E-state index in [1.165, 1.54) is 0 Å². The zero-order valence-corrected chi connectivity index (χ0v) is 7.30. The van der Waals surface area contributed by atoms with Crippen LogP contribution in [0.25, 0.3) is 0 Å². The fraction of sp³-hybridized carbons (Fsp3) is 0.750. The number of aliphatic imine (C=N–C) groups is 1. The molecular weight excluding hydrogens is 156 g/mol. The third kappa shape index (κ3) is 2.53. The van der Waals surface area contributed by atoms with Crippen molar-refractivity contribution in [3.8, 4) is 0 Å². The normalized spacial score (nSPS) is 15.2. The maximum absolute atomic E-state index is 11.1. The van der Waals surface area contributed by atoms with Crippen molar-refractivity contribution in [2.45, 2.75) is 19.8 Å². The van der Waals surface area contributed by atoms with E-state index in [9.17, 15) is 4.79 Å². The molecule has 1 N–H and O–H groups in total. The topological polar surface area (TPSA) is 50.7 Å². The van der Waals surface area contributed by atoms with Gasteiger partial charge in [-0.3, -0.25) is 4.99 Å². The summed E-state index contributed by atoms with van der Waals surface area (Å²) in [6.07, 6.45) is 1.95. The highest BCUT2D eigenvalue weighted by Crippen LogP contribution is 1.92. The Balaban J connectivity index is 2.19. The number of esters is 1. The fourth-order valence-electron chi connectivity index (χ4n) is 0.912. The number of amidine groups is 1. The summed E-state index contributed by atoms with van der Waals surface area (Å²) < 4.78 is 4.93. The van der Waals surface area contributed by atoms with Crippen LogP contribution in [0, 0.1) is 0 Å². The number of nitrogens with zero attached hydrogens (tertiary/aromatic N) is 1.